The summed E-state index contributed by atoms with van der Waals surface area (Å²) in [5, 5.41) is 9.21. The second-order valence-electron chi connectivity index (χ2n) is 4.83. The fourth-order valence-electron chi connectivity index (χ4n) is 2.47. The molecule has 0 spiro atoms. The van der Waals surface area contributed by atoms with Gasteiger partial charge >= 0.3 is 0 Å². The molecule has 0 fully saturated rings. The summed E-state index contributed by atoms with van der Waals surface area (Å²) in [5.41, 5.74) is 3.10. The van der Waals surface area contributed by atoms with Gasteiger partial charge in [-0.2, -0.15) is 5.26 Å². The lowest BCUT2D eigenvalue weighted by Gasteiger charge is -2.16. The summed E-state index contributed by atoms with van der Waals surface area (Å²) in [7, 11) is 0. The summed E-state index contributed by atoms with van der Waals surface area (Å²) >= 11 is 6.09. The number of pyridine rings is 1. The number of ether oxygens (including phenoxy) is 1. The topological polar surface area (TPSA) is 45.9 Å². The third-order valence-electron chi connectivity index (χ3n) is 3.51. The average molecular weight is 285 g/mol. The molecule has 3 nitrogen and oxygen atoms in total. The van der Waals surface area contributed by atoms with Crippen LogP contribution in [0, 0.1) is 11.3 Å². The van der Waals surface area contributed by atoms with Crippen molar-refractivity contribution >= 4 is 11.6 Å². The number of hydrogen-bond acceptors (Lipinski definition) is 3. The van der Waals surface area contributed by atoms with Gasteiger partial charge in [0.05, 0.1) is 5.56 Å². The van der Waals surface area contributed by atoms with Crippen LogP contribution in [-0.4, -0.2) is 4.98 Å². The molecule has 0 unspecified atom stereocenters. The van der Waals surface area contributed by atoms with Crippen molar-refractivity contribution in [1.82, 2.24) is 4.98 Å². The predicted octanol–water partition coefficient (Wildman–Crippen LogP) is 4.28. The summed E-state index contributed by atoms with van der Waals surface area (Å²) in [6.45, 7) is 0. The molecule has 0 aliphatic heterocycles. The molecule has 3 rings (SSSR count). The van der Waals surface area contributed by atoms with Gasteiger partial charge in [-0.15, -0.1) is 0 Å². The van der Waals surface area contributed by atoms with Crippen LogP contribution in [0.1, 0.15) is 29.5 Å². The Morgan fingerprint density at radius 2 is 1.95 bits per heavy atom. The summed E-state index contributed by atoms with van der Waals surface area (Å²) in [4.78, 5) is 4.09. The molecule has 1 aromatic heterocycles. The summed E-state index contributed by atoms with van der Waals surface area (Å²) < 4.78 is 5.72. The highest BCUT2D eigenvalue weighted by molar-refractivity contribution is 6.33. The molecule has 2 aromatic rings. The van der Waals surface area contributed by atoms with E-state index in [-0.39, 0.29) is 10.9 Å². The van der Waals surface area contributed by atoms with Gasteiger partial charge in [0.15, 0.2) is 0 Å². The van der Waals surface area contributed by atoms with Crippen molar-refractivity contribution in [2.24, 2.45) is 0 Å². The fraction of sp³-hybridized carbons (Fsp3) is 0.250. The van der Waals surface area contributed by atoms with E-state index in [1.54, 1.807) is 6.07 Å². The van der Waals surface area contributed by atoms with Gasteiger partial charge in [0.1, 0.15) is 16.8 Å². The average Bonchev–Trinajstić information content (AvgIpc) is 2.49. The first-order valence-electron chi connectivity index (χ1n) is 6.62. The number of aryl methyl sites for hydroxylation is 2. The molecule has 20 heavy (non-hydrogen) atoms. The highest BCUT2D eigenvalue weighted by Gasteiger charge is 2.13. The maximum atomic E-state index is 8.95. The van der Waals surface area contributed by atoms with Crippen LogP contribution < -0.4 is 4.74 Å². The van der Waals surface area contributed by atoms with Crippen LogP contribution in [-0.2, 0) is 12.8 Å². The number of aromatic nitrogens is 1. The molecule has 0 radical (unpaired) electrons. The zero-order valence-electron chi connectivity index (χ0n) is 10.9. The van der Waals surface area contributed by atoms with Crippen molar-refractivity contribution in [3.8, 4) is 17.7 Å². The smallest absolute Gasteiger partial charge is 0.239 e. The lowest BCUT2D eigenvalue weighted by atomic mass is 9.92. The van der Waals surface area contributed by atoms with Crippen molar-refractivity contribution in [2.75, 3.05) is 0 Å². The summed E-state index contributed by atoms with van der Waals surface area (Å²) in [6.07, 6.45) is 6.23. The molecule has 1 aromatic carbocycles. The molecule has 0 N–H and O–H groups in total. The second-order valence-corrected chi connectivity index (χ2v) is 5.21. The third-order valence-corrected chi connectivity index (χ3v) is 3.88. The first-order valence-corrected chi connectivity index (χ1v) is 7.00. The van der Waals surface area contributed by atoms with Gasteiger partial charge in [-0.1, -0.05) is 17.7 Å². The normalized spacial score (nSPS) is 13.4. The van der Waals surface area contributed by atoms with Crippen LogP contribution >= 0.6 is 11.6 Å². The number of halogens is 1. The van der Waals surface area contributed by atoms with E-state index in [0.29, 0.717) is 5.56 Å². The Morgan fingerprint density at radius 3 is 2.75 bits per heavy atom. The van der Waals surface area contributed by atoms with Crippen LogP contribution in [0.2, 0.25) is 5.02 Å². The molecule has 4 heteroatoms. The van der Waals surface area contributed by atoms with Crippen molar-refractivity contribution < 1.29 is 4.74 Å². The second kappa shape index (κ2) is 5.52. The van der Waals surface area contributed by atoms with Gasteiger partial charge in [0.25, 0.3) is 0 Å². The van der Waals surface area contributed by atoms with Gasteiger partial charge in [-0.3, -0.25) is 0 Å². The highest BCUT2D eigenvalue weighted by atomic mass is 35.5. The zero-order valence-corrected chi connectivity index (χ0v) is 11.7. The van der Waals surface area contributed by atoms with E-state index < -0.39 is 0 Å². The van der Waals surface area contributed by atoms with Gasteiger partial charge in [-0.05, 0) is 55.0 Å². The Hall–Kier alpha value is -2.05. The van der Waals surface area contributed by atoms with E-state index in [4.69, 9.17) is 21.6 Å². The van der Waals surface area contributed by atoms with Crippen LogP contribution in [0.5, 0.6) is 11.6 Å². The SMILES string of the molecule is N#Cc1ccnc(Oc2ccc3c(c2)CCCC3)c1Cl. The first-order chi connectivity index (χ1) is 9.78. The molecule has 0 bridgehead atoms. The quantitative estimate of drug-likeness (QED) is 0.827. The van der Waals surface area contributed by atoms with Crippen LogP contribution in [0.15, 0.2) is 30.5 Å². The number of hydrogen-bond donors (Lipinski definition) is 0. The van der Waals surface area contributed by atoms with E-state index in [1.165, 1.54) is 30.2 Å². The molecule has 0 atom stereocenters. The highest BCUT2D eigenvalue weighted by Crippen LogP contribution is 2.32. The zero-order chi connectivity index (χ0) is 13.9. The van der Waals surface area contributed by atoms with E-state index in [0.717, 1.165) is 18.6 Å². The fourth-order valence-corrected chi connectivity index (χ4v) is 2.66. The Balaban J connectivity index is 1.90. The minimum Gasteiger partial charge on any atom is -0.437 e. The van der Waals surface area contributed by atoms with Crippen LogP contribution in [0.25, 0.3) is 0 Å². The van der Waals surface area contributed by atoms with Crippen molar-refractivity contribution in [1.29, 1.82) is 5.26 Å². The molecular weight excluding hydrogens is 272 g/mol. The standard InChI is InChI=1S/C16H13ClN2O/c17-15-13(10-18)7-8-19-16(15)20-14-6-5-11-3-1-2-4-12(11)9-14/h5-9H,1-4H2. The van der Waals surface area contributed by atoms with Gasteiger partial charge in [-0.25, -0.2) is 4.98 Å². The third kappa shape index (κ3) is 2.48. The van der Waals surface area contributed by atoms with Crippen molar-refractivity contribution in [2.45, 2.75) is 25.7 Å². The summed E-state index contributed by atoms with van der Waals surface area (Å²) in [5.74, 6) is 0.997. The van der Waals surface area contributed by atoms with Crippen LogP contribution in [0.4, 0.5) is 0 Å². The number of nitrogens with zero attached hydrogens (tertiary/aromatic N) is 2. The number of fused-ring (bicyclic) bond motifs is 1. The Kier molecular flexibility index (Phi) is 3.58. The first kappa shape index (κ1) is 13.0. The van der Waals surface area contributed by atoms with E-state index in [1.807, 2.05) is 18.2 Å². The van der Waals surface area contributed by atoms with Crippen molar-refractivity contribution in [3.63, 3.8) is 0 Å². The number of nitriles is 1. The Labute approximate surface area is 122 Å². The lowest BCUT2D eigenvalue weighted by Crippen LogP contribution is -2.02. The largest absolute Gasteiger partial charge is 0.437 e. The van der Waals surface area contributed by atoms with Gasteiger partial charge < -0.3 is 4.74 Å². The number of rotatable bonds is 2. The molecular formula is C16H13ClN2O. The van der Waals surface area contributed by atoms with E-state index in [2.05, 4.69) is 11.1 Å². The van der Waals surface area contributed by atoms with E-state index in [9.17, 15) is 0 Å². The molecule has 0 amide bonds. The maximum absolute atomic E-state index is 8.95. The Morgan fingerprint density at radius 1 is 1.15 bits per heavy atom. The molecule has 1 aliphatic carbocycles. The lowest BCUT2D eigenvalue weighted by molar-refractivity contribution is 0.461. The number of benzene rings is 1. The van der Waals surface area contributed by atoms with E-state index >= 15 is 0 Å². The van der Waals surface area contributed by atoms with Crippen LogP contribution in [0.3, 0.4) is 0 Å². The maximum Gasteiger partial charge on any atom is 0.239 e. The Bertz CT molecular complexity index is 691. The molecule has 1 aliphatic rings. The monoisotopic (exact) mass is 284 g/mol. The van der Waals surface area contributed by atoms with Gasteiger partial charge in [0, 0.05) is 6.20 Å². The molecule has 1 heterocycles. The molecule has 0 saturated carbocycles. The van der Waals surface area contributed by atoms with Crippen molar-refractivity contribution in [3.05, 3.63) is 52.2 Å². The summed E-state index contributed by atoms with van der Waals surface area (Å²) in [6, 6.07) is 9.67. The minimum atomic E-state index is 0.257. The minimum absolute atomic E-state index is 0.257. The predicted molar refractivity (Wildman–Crippen MR) is 77.1 cm³/mol. The molecule has 100 valence electrons. The molecule has 0 saturated heterocycles. The van der Waals surface area contributed by atoms with Gasteiger partial charge in [0.2, 0.25) is 5.88 Å².